The van der Waals surface area contributed by atoms with E-state index >= 15 is 0 Å². The molecule has 0 unspecified atom stereocenters. The monoisotopic (exact) mass is 500 g/mol. The molecule has 1 aromatic heterocycles. The fourth-order valence-corrected chi connectivity index (χ4v) is 3.74. The lowest BCUT2D eigenvalue weighted by molar-refractivity contribution is 0.113. The van der Waals surface area contributed by atoms with E-state index in [1.807, 2.05) is 66.7 Å². The molecule has 0 spiro atoms. The quantitative estimate of drug-likeness (QED) is 0.217. The van der Waals surface area contributed by atoms with Crippen molar-refractivity contribution in [3.8, 4) is 11.5 Å². The second kappa shape index (κ2) is 14.1. The lowest BCUT2D eigenvalue weighted by Gasteiger charge is -2.08. The standard InChI is InChI=1S/C27H29ClN2O3.ClH/c28-24-8-2-1-6-22(24)7-5-17-31-18-15-29-16-19-32-20-21-11-13-23(14-12-21)27-30-25-9-3-4-10-26(25)33-27;/h1-4,6,8-14,29H,5,7,15-20H2;1H. The molecule has 1 N–H and O–H groups in total. The van der Waals surface area contributed by atoms with Gasteiger partial charge in [0.05, 0.1) is 19.8 Å². The first-order valence-corrected chi connectivity index (χ1v) is 11.7. The fraction of sp³-hybridized carbons (Fsp3) is 0.296. The second-order valence-corrected chi connectivity index (χ2v) is 8.20. The van der Waals surface area contributed by atoms with Gasteiger partial charge in [-0.3, -0.25) is 0 Å². The molecule has 1 heterocycles. The van der Waals surface area contributed by atoms with Crippen LogP contribution in [0.1, 0.15) is 17.5 Å². The van der Waals surface area contributed by atoms with Crippen LogP contribution in [-0.2, 0) is 22.5 Å². The predicted octanol–water partition coefficient (Wildman–Crippen LogP) is 6.33. The molecule has 5 nitrogen and oxygen atoms in total. The first-order valence-electron chi connectivity index (χ1n) is 11.3. The Hall–Kier alpha value is -2.41. The second-order valence-electron chi connectivity index (χ2n) is 7.79. The van der Waals surface area contributed by atoms with Crippen LogP contribution in [0.3, 0.4) is 0 Å². The molecule has 0 aliphatic heterocycles. The Morgan fingerprint density at radius 1 is 0.824 bits per heavy atom. The number of aryl methyl sites for hydroxylation is 1. The highest BCUT2D eigenvalue weighted by Gasteiger charge is 2.07. The summed E-state index contributed by atoms with van der Waals surface area (Å²) in [5, 5.41) is 4.17. The van der Waals surface area contributed by atoms with Crippen molar-refractivity contribution in [3.63, 3.8) is 0 Å². The molecule has 0 aliphatic rings. The van der Waals surface area contributed by atoms with Gasteiger partial charge in [0.1, 0.15) is 5.52 Å². The summed E-state index contributed by atoms with van der Waals surface area (Å²) in [5.74, 6) is 0.638. The Bertz CT molecular complexity index is 1100. The third kappa shape index (κ3) is 7.83. The van der Waals surface area contributed by atoms with Crippen molar-refractivity contribution in [3.05, 3.63) is 88.9 Å². The summed E-state index contributed by atoms with van der Waals surface area (Å²) < 4.78 is 17.3. The maximum Gasteiger partial charge on any atom is 0.227 e. The largest absolute Gasteiger partial charge is 0.436 e. The molecular formula is C27H30Cl2N2O3. The molecule has 0 bridgehead atoms. The van der Waals surface area contributed by atoms with Crippen LogP contribution in [0.4, 0.5) is 0 Å². The highest BCUT2D eigenvalue weighted by molar-refractivity contribution is 6.31. The molecule has 7 heteroatoms. The summed E-state index contributed by atoms with van der Waals surface area (Å²) in [7, 11) is 0. The Morgan fingerprint density at radius 2 is 1.56 bits per heavy atom. The topological polar surface area (TPSA) is 56.5 Å². The average Bonchev–Trinajstić information content (AvgIpc) is 3.28. The zero-order chi connectivity index (χ0) is 22.7. The summed E-state index contributed by atoms with van der Waals surface area (Å²) in [6.45, 7) is 4.27. The van der Waals surface area contributed by atoms with Crippen molar-refractivity contribution in [1.82, 2.24) is 10.3 Å². The molecule has 0 fully saturated rings. The van der Waals surface area contributed by atoms with Gasteiger partial charge in [-0.1, -0.05) is 54.1 Å². The first-order chi connectivity index (χ1) is 16.3. The van der Waals surface area contributed by atoms with Gasteiger partial charge in [0.25, 0.3) is 0 Å². The lowest BCUT2D eigenvalue weighted by Crippen LogP contribution is -2.24. The van der Waals surface area contributed by atoms with Crippen LogP contribution in [-0.4, -0.2) is 37.9 Å². The first kappa shape index (κ1) is 26.2. The molecule has 4 rings (SSSR count). The predicted molar refractivity (Wildman–Crippen MR) is 140 cm³/mol. The van der Waals surface area contributed by atoms with Crippen molar-refractivity contribution in [2.45, 2.75) is 19.4 Å². The molecule has 34 heavy (non-hydrogen) atoms. The summed E-state index contributed by atoms with van der Waals surface area (Å²) in [5.41, 5.74) is 4.93. The van der Waals surface area contributed by atoms with Crippen LogP contribution in [0.15, 0.2) is 77.2 Å². The average molecular weight is 501 g/mol. The molecule has 0 aliphatic carbocycles. The number of benzene rings is 3. The van der Waals surface area contributed by atoms with E-state index in [2.05, 4.69) is 16.4 Å². The van der Waals surface area contributed by atoms with Crippen LogP contribution in [0.5, 0.6) is 0 Å². The van der Waals surface area contributed by atoms with Gasteiger partial charge in [-0.15, -0.1) is 12.4 Å². The van der Waals surface area contributed by atoms with E-state index in [1.165, 1.54) is 5.56 Å². The Labute approximate surface area is 211 Å². The minimum absolute atomic E-state index is 0. The number of rotatable bonds is 13. The highest BCUT2D eigenvalue weighted by atomic mass is 35.5. The van der Waals surface area contributed by atoms with E-state index in [9.17, 15) is 0 Å². The van der Waals surface area contributed by atoms with Crippen molar-refractivity contribution < 1.29 is 13.9 Å². The highest BCUT2D eigenvalue weighted by Crippen LogP contribution is 2.24. The third-order valence-electron chi connectivity index (χ3n) is 5.30. The normalized spacial score (nSPS) is 11.0. The SMILES string of the molecule is Cl.Clc1ccccc1CCCOCCNCCOCc1ccc(-c2nc3ccccc3o2)cc1. The molecule has 0 saturated carbocycles. The van der Waals surface area contributed by atoms with Crippen molar-refractivity contribution in [1.29, 1.82) is 0 Å². The molecule has 0 amide bonds. The minimum atomic E-state index is 0. The van der Waals surface area contributed by atoms with Gasteiger partial charge in [-0.2, -0.15) is 0 Å². The molecule has 0 atom stereocenters. The van der Waals surface area contributed by atoms with Crippen LogP contribution < -0.4 is 5.32 Å². The summed E-state index contributed by atoms with van der Waals surface area (Å²) in [6, 6.07) is 23.9. The van der Waals surface area contributed by atoms with Gasteiger partial charge in [0.2, 0.25) is 5.89 Å². The van der Waals surface area contributed by atoms with E-state index in [0.717, 1.165) is 59.8 Å². The van der Waals surface area contributed by atoms with Gasteiger partial charge in [0, 0.05) is 30.3 Å². The van der Waals surface area contributed by atoms with Gasteiger partial charge in [-0.25, -0.2) is 4.98 Å². The summed E-state index contributed by atoms with van der Waals surface area (Å²) >= 11 is 6.16. The number of aromatic nitrogens is 1. The Kier molecular flexibility index (Phi) is 10.9. The van der Waals surface area contributed by atoms with Crippen molar-refractivity contribution >= 4 is 35.1 Å². The van der Waals surface area contributed by atoms with Gasteiger partial charge < -0.3 is 19.2 Å². The lowest BCUT2D eigenvalue weighted by atomic mass is 10.1. The Morgan fingerprint density at radius 3 is 2.35 bits per heavy atom. The van der Waals surface area contributed by atoms with Crippen LogP contribution in [0.25, 0.3) is 22.6 Å². The number of ether oxygens (including phenoxy) is 2. The van der Waals surface area contributed by atoms with Crippen LogP contribution in [0.2, 0.25) is 5.02 Å². The number of nitrogens with zero attached hydrogens (tertiary/aromatic N) is 1. The van der Waals surface area contributed by atoms with Crippen LogP contribution >= 0.6 is 24.0 Å². The number of para-hydroxylation sites is 2. The van der Waals surface area contributed by atoms with Crippen molar-refractivity contribution in [2.24, 2.45) is 0 Å². The Balaban J connectivity index is 0.00000324. The molecular weight excluding hydrogens is 471 g/mol. The number of fused-ring (bicyclic) bond motifs is 1. The van der Waals surface area contributed by atoms with E-state index in [-0.39, 0.29) is 12.4 Å². The van der Waals surface area contributed by atoms with E-state index in [0.29, 0.717) is 25.7 Å². The van der Waals surface area contributed by atoms with Crippen molar-refractivity contribution in [2.75, 3.05) is 32.9 Å². The number of hydrogen-bond acceptors (Lipinski definition) is 5. The van der Waals surface area contributed by atoms with E-state index in [1.54, 1.807) is 0 Å². The van der Waals surface area contributed by atoms with Gasteiger partial charge >= 0.3 is 0 Å². The number of oxazole rings is 1. The fourth-order valence-electron chi connectivity index (χ4n) is 3.51. The summed E-state index contributed by atoms with van der Waals surface area (Å²) in [4.78, 5) is 4.54. The smallest absolute Gasteiger partial charge is 0.227 e. The molecule has 180 valence electrons. The zero-order valence-electron chi connectivity index (χ0n) is 19.0. The molecule has 0 saturated heterocycles. The maximum absolute atomic E-state index is 6.16. The number of nitrogens with one attached hydrogen (secondary N) is 1. The number of halogens is 2. The minimum Gasteiger partial charge on any atom is -0.436 e. The third-order valence-corrected chi connectivity index (χ3v) is 5.67. The number of hydrogen-bond donors (Lipinski definition) is 1. The maximum atomic E-state index is 6.16. The molecule has 4 aromatic rings. The van der Waals surface area contributed by atoms with Gasteiger partial charge in [0.15, 0.2) is 5.58 Å². The van der Waals surface area contributed by atoms with E-state index < -0.39 is 0 Å². The summed E-state index contributed by atoms with van der Waals surface area (Å²) in [6.07, 6.45) is 1.91. The zero-order valence-corrected chi connectivity index (χ0v) is 20.6. The van der Waals surface area contributed by atoms with Crippen LogP contribution in [0, 0.1) is 0 Å². The van der Waals surface area contributed by atoms with Gasteiger partial charge in [-0.05, 0) is 54.3 Å². The molecule has 0 radical (unpaired) electrons. The molecule has 3 aromatic carbocycles. The van der Waals surface area contributed by atoms with E-state index in [4.69, 9.17) is 25.5 Å².